The number of likely N-dealkylation sites (N-methyl/N-ethyl adjacent to an activating group) is 1. The fraction of sp³-hybridized carbons (Fsp3) is 0.915. The van der Waals surface area contributed by atoms with Crippen molar-refractivity contribution in [1.82, 2.24) is 0 Å². The Balaban J connectivity index is 4.28. The van der Waals surface area contributed by atoms with Gasteiger partial charge in [0.25, 0.3) is 0 Å². The smallest absolute Gasteiger partial charge is 0.462 e. The maximum atomic E-state index is 12.7. The van der Waals surface area contributed by atoms with Crippen LogP contribution >= 0.6 is 7.82 Å². The third-order valence-corrected chi connectivity index (χ3v) is 11.5. The number of unbranched alkanes of at least 4 members (excludes halogenated alkanes) is 28. The summed E-state index contributed by atoms with van der Waals surface area (Å²) in [5.74, 6) is -0.811. The van der Waals surface area contributed by atoms with Gasteiger partial charge in [-0.1, -0.05) is 187 Å². The third kappa shape index (κ3) is 44.1. The van der Waals surface area contributed by atoms with Crippen LogP contribution in [0.2, 0.25) is 0 Å². The highest BCUT2D eigenvalue weighted by atomic mass is 31.2. The van der Waals surface area contributed by atoms with Gasteiger partial charge in [-0.3, -0.25) is 18.6 Å². The van der Waals surface area contributed by atoms with Crippen molar-refractivity contribution in [1.29, 1.82) is 0 Å². The zero-order valence-electron chi connectivity index (χ0n) is 38.1. The molecule has 0 saturated carbocycles. The topological polar surface area (TPSA) is 108 Å². The number of hydrogen-bond acceptors (Lipinski definition) is 7. The molecule has 0 fully saturated rings. The summed E-state index contributed by atoms with van der Waals surface area (Å²) in [6.45, 7) is 4.44. The van der Waals surface area contributed by atoms with Crippen molar-refractivity contribution < 1.29 is 42.1 Å². The number of esters is 2. The molecule has 338 valence electrons. The molecule has 0 aliphatic carbocycles. The Hall–Kier alpha value is -1.25. The molecule has 0 heterocycles. The Labute approximate surface area is 352 Å². The Morgan fingerprint density at radius 1 is 0.526 bits per heavy atom. The molecule has 0 saturated heterocycles. The van der Waals surface area contributed by atoms with Gasteiger partial charge in [0.15, 0.2) is 6.10 Å². The van der Waals surface area contributed by atoms with Gasteiger partial charge in [-0.25, -0.2) is 4.57 Å². The van der Waals surface area contributed by atoms with Crippen molar-refractivity contribution in [3.63, 3.8) is 0 Å². The van der Waals surface area contributed by atoms with Crippen LogP contribution in [0.5, 0.6) is 0 Å². The quantitative estimate of drug-likeness (QED) is 0.0213. The largest absolute Gasteiger partial charge is 0.472 e. The molecular weight excluding hydrogens is 737 g/mol. The van der Waals surface area contributed by atoms with E-state index in [1.807, 2.05) is 21.1 Å². The summed E-state index contributed by atoms with van der Waals surface area (Å²) >= 11 is 0. The molecule has 0 bridgehead atoms. The van der Waals surface area contributed by atoms with Crippen molar-refractivity contribution >= 4 is 19.8 Å². The fourth-order valence-corrected chi connectivity index (χ4v) is 7.52. The Morgan fingerprint density at radius 2 is 0.895 bits per heavy atom. The van der Waals surface area contributed by atoms with Crippen molar-refractivity contribution in [2.45, 2.75) is 232 Å². The summed E-state index contributed by atoms with van der Waals surface area (Å²) in [5, 5.41) is 0. The zero-order valence-corrected chi connectivity index (χ0v) is 39.0. The molecule has 57 heavy (non-hydrogen) atoms. The lowest BCUT2D eigenvalue weighted by Crippen LogP contribution is -2.37. The molecule has 0 aromatic rings. The summed E-state index contributed by atoms with van der Waals surface area (Å²) < 4.78 is 34.4. The highest BCUT2D eigenvalue weighted by Gasteiger charge is 2.27. The summed E-state index contributed by atoms with van der Waals surface area (Å²) in [7, 11) is 1.48. The Kier molecular flexibility index (Phi) is 39.3. The van der Waals surface area contributed by atoms with Crippen LogP contribution in [0, 0.1) is 0 Å². The lowest BCUT2D eigenvalue weighted by molar-refractivity contribution is -0.870. The Morgan fingerprint density at radius 3 is 1.33 bits per heavy atom. The third-order valence-electron chi connectivity index (χ3n) is 10.5. The number of nitrogens with zero attached hydrogens (tertiary/aromatic N) is 1. The second-order valence-electron chi connectivity index (χ2n) is 17.5. The molecule has 0 rings (SSSR count). The molecule has 10 heteroatoms. The first-order chi connectivity index (χ1) is 27.5. The molecule has 0 radical (unpaired) electrons. The first kappa shape index (κ1) is 55.8. The van der Waals surface area contributed by atoms with E-state index in [0.29, 0.717) is 23.9 Å². The highest BCUT2D eigenvalue weighted by molar-refractivity contribution is 7.47. The predicted octanol–water partition coefficient (Wildman–Crippen LogP) is 13.8. The number of hydrogen-bond donors (Lipinski definition) is 1. The van der Waals surface area contributed by atoms with Gasteiger partial charge < -0.3 is 18.9 Å². The minimum atomic E-state index is -4.38. The maximum Gasteiger partial charge on any atom is 0.472 e. The molecule has 1 unspecified atom stereocenters. The van der Waals surface area contributed by atoms with Crippen molar-refractivity contribution in [2.75, 3.05) is 47.5 Å². The molecule has 2 atom stereocenters. The summed E-state index contributed by atoms with van der Waals surface area (Å²) in [4.78, 5) is 35.4. The first-order valence-electron chi connectivity index (χ1n) is 23.9. The van der Waals surface area contributed by atoms with E-state index < -0.39 is 26.5 Å². The van der Waals surface area contributed by atoms with Crippen LogP contribution < -0.4 is 0 Å². The molecule has 9 nitrogen and oxygen atoms in total. The normalized spacial score (nSPS) is 13.6. The summed E-state index contributed by atoms with van der Waals surface area (Å²) in [6.07, 6.45) is 42.6. The van der Waals surface area contributed by atoms with Gasteiger partial charge in [0.2, 0.25) is 0 Å². The SMILES string of the molecule is CCCCCCCCCCC/C=C/CCCCC(=O)O[C@H](COC(=O)CCCCCCCCCCCCCCCCCCCC)COP(=O)(O)OCC[N+](C)(C)C. The van der Waals surface area contributed by atoms with E-state index in [2.05, 4.69) is 26.0 Å². The predicted molar refractivity (Wildman–Crippen MR) is 238 cm³/mol. The van der Waals surface area contributed by atoms with E-state index >= 15 is 0 Å². The molecule has 0 spiro atoms. The van der Waals surface area contributed by atoms with Crippen molar-refractivity contribution in [3.05, 3.63) is 12.2 Å². The van der Waals surface area contributed by atoms with Gasteiger partial charge in [0.05, 0.1) is 27.7 Å². The highest BCUT2D eigenvalue weighted by Crippen LogP contribution is 2.43. The van der Waals surface area contributed by atoms with E-state index in [0.717, 1.165) is 38.5 Å². The molecule has 0 aliphatic rings. The van der Waals surface area contributed by atoms with Crippen LogP contribution in [0.1, 0.15) is 226 Å². The van der Waals surface area contributed by atoms with Crippen LogP contribution in [0.3, 0.4) is 0 Å². The van der Waals surface area contributed by atoms with Gasteiger partial charge in [0, 0.05) is 12.8 Å². The van der Waals surface area contributed by atoms with Crippen molar-refractivity contribution in [3.8, 4) is 0 Å². The van der Waals surface area contributed by atoms with Crippen LogP contribution in [0.25, 0.3) is 0 Å². The number of carbonyl (C=O) groups excluding carboxylic acids is 2. The standard InChI is InChI=1S/C47H92NO8P/c1-6-8-10-12-14-16-18-20-22-23-24-26-27-29-31-33-35-37-39-46(49)53-43-45(44-55-57(51,52)54-42-41-48(3,4)5)56-47(50)40-38-36-34-32-30-28-25-21-19-17-15-13-11-9-7-2/h30,32,45H,6-29,31,33-44H2,1-5H3/p+1/b32-30+/t45-/m1/s1. The van der Waals surface area contributed by atoms with Gasteiger partial charge in [-0.15, -0.1) is 0 Å². The Bertz CT molecular complexity index is 985. The van der Waals surface area contributed by atoms with Crippen LogP contribution in [0.4, 0.5) is 0 Å². The number of ether oxygens (including phenoxy) is 2. The van der Waals surface area contributed by atoms with E-state index in [-0.39, 0.29) is 25.6 Å². The number of carbonyl (C=O) groups is 2. The lowest BCUT2D eigenvalue weighted by Gasteiger charge is -2.24. The molecule has 1 N–H and O–H groups in total. The van der Waals surface area contributed by atoms with Gasteiger partial charge >= 0.3 is 19.8 Å². The van der Waals surface area contributed by atoms with Gasteiger partial charge in [-0.2, -0.15) is 0 Å². The number of quaternary nitrogens is 1. The lowest BCUT2D eigenvalue weighted by atomic mass is 10.0. The van der Waals surface area contributed by atoms with E-state index in [9.17, 15) is 19.0 Å². The number of allylic oxidation sites excluding steroid dienone is 2. The van der Waals surface area contributed by atoms with Gasteiger partial charge in [0.1, 0.15) is 19.8 Å². The molecule has 0 amide bonds. The van der Waals surface area contributed by atoms with Crippen molar-refractivity contribution in [2.24, 2.45) is 0 Å². The van der Waals surface area contributed by atoms with E-state index in [1.165, 1.54) is 154 Å². The van der Waals surface area contributed by atoms with Crippen LogP contribution in [-0.2, 0) is 32.7 Å². The minimum Gasteiger partial charge on any atom is -0.462 e. The maximum absolute atomic E-state index is 12.7. The van der Waals surface area contributed by atoms with Gasteiger partial charge in [-0.05, 0) is 38.5 Å². The number of rotatable bonds is 44. The second kappa shape index (κ2) is 40.2. The fourth-order valence-electron chi connectivity index (χ4n) is 6.77. The van der Waals surface area contributed by atoms with E-state index in [1.54, 1.807) is 0 Å². The first-order valence-corrected chi connectivity index (χ1v) is 25.4. The number of phosphoric acid groups is 1. The zero-order chi connectivity index (χ0) is 42.1. The van der Waals surface area contributed by atoms with Crippen LogP contribution in [-0.4, -0.2) is 74.9 Å². The minimum absolute atomic E-state index is 0.0315. The molecule has 0 aliphatic heterocycles. The molecular formula is C47H93NO8P+. The molecule has 0 aromatic heterocycles. The average Bonchev–Trinajstić information content (AvgIpc) is 3.16. The summed E-state index contributed by atoms with van der Waals surface area (Å²) in [5.41, 5.74) is 0. The van der Waals surface area contributed by atoms with Crippen LogP contribution in [0.15, 0.2) is 12.2 Å². The monoisotopic (exact) mass is 831 g/mol. The average molecular weight is 831 g/mol. The molecule has 0 aromatic carbocycles. The second-order valence-corrected chi connectivity index (χ2v) is 19.0. The summed E-state index contributed by atoms with van der Waals surface area (Å²) in [6, 6.07) is 0. The van der Waals surface area contributed by atoms with E-state index in [4.69, 9.17) is 18.5 Å². The number of phosphoric ester groups is 1.